The predicted molar refractivity (Wildman–Crippen MR) is 119 cm³/mol. The van der Waals surface area contributed by atoms with Crippen LogP contribution < -0.4 is 4.90 Å². The van der Waals surface area contributed by atoms with Gasteiger partial charge in [0.05, 0.1) is 17.5 Å². The molecule has 30 heavy (non-hydrogen) atoms. The molecule has 1 saturated heterocycles. The Bertz CT molecular complexity index is 1140. The Morgan fingerprint density at radius 3 is 1.43 bits per heavy atom. The SMILES string of the molecule is CC12c3ccccc3C(C)(c3ccccc31)[C@@H]1C(=O)N(c3ccccc3Br)C(=O)[C@H]12. The van der Waals surface area contributed by atoms with Gasteiger partial charge in [0, 0.05) is 15.3 Å². The maximum Gasteiger partial charge on any atom is 0.239 e. The van der Waals surface area contributed by atoms with Crippen molar-refractivity contribution in [1.29, 1.82) is 0 Å². The first-order chi connectivity index (χ1) is 14.4. The molecule has 148 valence electrons. The molecule has 0 radical (unpaired) electrons. The van der Waals surface area contributed by atoms with Gasteiger partial charge in [0.1, 0.15) is 0 Å². The second kappa shape index (κ2) is 5.70. The topological polar surface area (TPSA) is 37.4 Å². The minimum Gasteiger partial charge on any atom is -0.274 e. The zero-order valence-electron chi connectivity index (χ0n) is 16.7. The average molecular weight is 458 g/mol. The molecule has 1 fully saturated rings. The van der Waals surface area contributed by atoms with Crippen molar-refractivity contribution in [2.45, 2.75) is 24.7 Å². The van der Waals surface area contributed by atoms with E-state index < -0.39 is 22.7 Å². The van der Waals surface area contributed by atoms with Crippen molar-refractivity contribution in [3.05, 3.63) is 99.5 Å². The second-order valence-corrected chi connectivity index (χ2v) is 9.77. The van der Waals surface area contributed by atoms with Crippen LogP contribution in [0.25, 0.3) is 0 Å². The molecule has 3 aromatic carbocycles. The number of amides is 2. The van der Waals surface area contributed by atoms with Crippen LogP contribution in [0, 0.1) is 11.8 Å². The van der Waals surface area contributed by atoms with E-state index in [2.05, 4.69) is 54.0 Å². The molecule has 2 bridgehead atoms. The maximum atomic E-state index is 13.9. The molecule has 0 saturated carbocycles. The first kappa shape index (κ1) is 18.1. The second-order valence-electron chi connectivity index (χ2n) is 8.91. The molecule has 3 aromatic rings. The summed E-state index contributed by atoms with van der Waals surface area (Å²) in [4.78, 5) is 29.3. The van der Waals surface area contributed by atoms with Crippen LogP contribution in [-0.4, -0.2) is 11.8 Å². The third-order valence-corrected chi connectivity index (χ3v) is 8.41. The van der Waals surface area contributed by atoms with E-state index in [0.717, 1.165) is 4.47 Å². The van der Waals surface area contributed by atoms with Crippen molar-refractivity contribution in [2.24, 2.45) is 11.8 Å². The first-order valence-corrected chi connectivity index (χ1v) is 11.0. The van der Waals surface area contributed by atoms with Crippen LogP contribution in [0.1, 0.15) is 36.1 Å². The van der Waals surface area contributed by atoms with E-state index in [1.807, 2.05) is 48.5 Å². The van der Waals surface area contributed by atoms with E-state index in [9.17, 15) is 9.59 Å². The van der Waals surface area contributed by atoms with Crippen molar-refractivity contribution >= 4 is 33.4 Å². The smallest absolute Gasteiger partial charge is 0.239 e. The van der Waals surface area contributed by atoms with Crippen molar-refractivity contribution < 1.29 is 9.59 Å². The Morgan fingerprint density at radius 2 is 1.03 bits per heavy atom. The summed E-state index contributed by atoms with van der Waals surface area (Å²) >= 11 is 3.54. The van der Waals surface area contributed by atoms with Crippen LogP contribution in [0.15, 0.2) is 77.3 Å². The molecule has 3 nitrogen and oxygen atoms in total. The van der Waals surface area contributed by atoms with Crippen LogP contribution in [0.4, 0.5) is 5.69 Å². The third-order valence-electron chi connectivity index (χ3n) is 7.74. The molecule has 0 aromatic heterocycles. The maximum absolute atomic E-state index is 13.9. The predicted octanol–water partition coefficient (Wildman–Crippen LogP) is 5.19. The highest BCUT2D eigenvalue weighted by Gasteiger charge is 2.70. The fourth-order valence-corrected chi connectivity index (χ4v) is 6.90. The number of imide groups is 1. The van der Waals surface area contributed by atoms with Gasteiger partial charge >= 0.3 is 0 Å². The molecule has 0 spiro atoms. The molecule has 4 aliphatic rings. The molecule has 0 N–H and O–H groups in total. The number of hydrogen-bond donors (Lipinski definition) is 0. The molecule has 3 aliphatic carbocycles. The molecule has 2 amide bonds. The summed E-state index contributed by atoms with van der Waals surface area (Å²) in [7, 11) is 0. The fraction of sp³-hybridized carbons (Fsp3) is 0.231. The summed E-state index contributed by atoms with van der Waals surface area (Å²) in [6, 6.07) is 24.2. The Balaban J connectivity index is 1.68. The van der Waals surface area contributed by atoms with Crippen LogP contribution in [0.2, 0.25) is 0 Å². The molecule has 2 atom stereocenters. The van der Waals surface area contributed by atoms with E-state index in [0.29, 0.717) is 5.69 Å². The molecule has 1 aliphatic heterocycles. The van der Waals surface area contributed by atoms with Gasteiger partial charge in [-0.1, -0.05) is 74.5 Å². The van der Waals surface area contributed by atoms with Crippen molar-refractivity contribution in [3.63, 3.8) is 0 Å². The standard InChI is InChI=1S/C26H20BrNO2/c1-25-15-9-3-5-11-17(15)26(2,18-12-6-4-10-16(18)25)22-21(25)23(29)28(24(22)30)20-14-8-7-13-19(20)27/h3-14,21-22H,1-2H3/t21-,22-,25?,26?/m0/s1. The highest BCUT2D eigenvalue weighted by atomic mass is 79.9. The van der Waals surface area contributed by atoms with Crippen molar-refractivity contribution in [2.75, 3.05) is 4.90 Å². The Hall–Kier alpha value is -2.72. The fourth-order valence-electron chi connectivity index (χ4n) is 6.44. The Labute approximate surface area is 183 Å². The molecule has 4 heteroatoms. The number of hydrogen-bond acceptors (Lipinski definition) is 2. The van der Waals surface area contributed by atoms with E-state index in [1.54, 1.807) is 0 Å². The lowest BCUT2D eigenvalue weighted by atomic mass is 9.42. The number of benzene rings is 3. The van der Waals surface area contributed by atoms with Gasteiger partial charge in [0.15, 0.2) is 0 Å². The quantitative estimate of drug-likeness (QED) is 0.471. The van der Waals surface area contributed by atoms with Crippen molar-refractivity contribution in [1.82, 2.24) is 0 Å². The van der Waals surface area contributed by atoms with E-state index in [1.165, 1.54) is 27.2 Å². The highest BCUT2D eigenvalue weighted by molar-refractivity contribution is 9.10. The van der Waals surface area contributed by atoms with Crippen LogP contribution in [0.3, 0.4) is 0 Å². The summed E-state index contributed by atoms with van der Waals surface area (Å²) in [6.45, 7) is 4.30. The highest BCUT2D eigenvalue weighted by Crippen LogP contribution is 2.66. The van der Waals surface area contributed by atoms with Gasteiger partial charge < -0.3 is 0 Å². The Morgan fingerprint density at radius 1 is 0.667 bits per heavy atom. The lowest BCUT2D eigenvalue weighted by Gasteiger charge is -2.57. The monoisotopic (exact) mass is 457 g/mol. The summed E-state index contributed by atoms with van der Waals surface area (Å²) < 4.78 is 0.753. The third kappa shape index (κ3) is 1.83. The lowest BCUT2D eigenvalue weighted by Crippen LogP contribution is -2.59. The van der Waals surface area contributed by atoms with E-state index in [4.69, 9.17) is 0 Å². The van der Waals surface area contributed by atoms with Crippen molar-refractivity contribution in [3.8, 4) is 0 Å². The molecule has 7 rings (SSSR count). The van der Waals surface area contributed by atoms with Gasteiger partial charge in [0.2, 0.25) is 11.8 Å². The summed E-state index contributed by atoms with van der Waals surface area (Å²) in [5.41, 5.74) is 4.22. The van der Waals surface area contributed by atoms with Gasteiger partial charge in [-0.15, -0.1) is 0 Å². The minimum absolute atomic E-state index is 0.102. The van der Waals surface area contributed by atoms with Crippen LogP contribution in [-0.2, 0) is 20.4 Å². The largest absolute Gasteiger partial charge is 0.274 e. The number of carbonyl (C=O) groups is 2. The van der Waals surface area contributed by atoms with Gasteiger partial charge in [-0.05, 0) is 50.3 Å². The molecular formula is C26H20BrNO2. The zero-order chi connectivity index (χ0) is 20.8. The summed E-state index contributed by atoms with van der Waals surface area (Å²) in [6.07, 6.45) is 0. The minimum atomic E-state index is -0.543. The number of nitrogens with zero attached hydrogens (tertiary/aromatic N) is 1. The van der Waals surface area contributed by atoms with Crippen LogP contribution in [0.5, 0.6) is 0 Å². The summed E-state index contributed by atoms with van der Waals surface area (Å²) in [5, 5.41) is 0. The van der Waals surface area contributed by atoms with Gasteiger partial charge in [-0.3, -0.25) is 9.59 Å². The number of anilines is 1. The normalized spacial score (nSPS) is 30.8. The lowest BCUT2D eigenvalue weighted by molar-refractivity contribution is -0.124. The number of carbonyl (C=O) groups excluding carboxylic acids is 2. The Kier molecular flexibility index (Phi) is 3.44. The molecule has 0 unspecified atom stereocenters. The van der Waals surface area contributed by atoms with Gasteiger partial charge in [-0.25, -0.2) is 4.90 Å². The number of para-hydroxylation sites is 1. The van der Waals surface area contributed by atoms with Gasteiger partial charge in [0.25, 0.3) is 0 Å². The number of rotatable bonds is 1. The summed E-state index contributed by atoms with van der Waals surface area (Å²) in [5.74, 6) is -1.05. The van der Waals surface area contributed by atoms with Crippen LogP contribution >= 0.6 is 15.9 Å². The first-order valence-electron chi connectivity index (χ1n) is 10.2. The molecular weight excluding hydrogens is 438 g/mol. The van der Waals surface area contributed by atoms with E-state index >= 15 is 0 Å². The zero-order valence-corrected chi connectivity index (χ0v) is 18.3. The van der Waals surface area contributed by atoms with Gasteiger partial charge in [-0.2, -0.15) is 0 Å². The van der Waals surface area contributed by atoms with E-state index in [-0.39, 0.29) is 11.8 Å². The average Bonchev–Trinajstić information content (AvgIpc) is 3.04. The molecule has 1 heterocycles. The number of halogens is 1.